The Bertz CT molecular complexity index is 1250. The molecule has 5 rings (SSSR count). The zero-order valence-electron chi connectivity index (χ0n) is 22.1. The molecule has 4 atom stereocenters. The standard InChI is InChI=1S/C30H34F5NO3/c1-17(36-22-4-3-5-23(36)16-20(15-22)28(37)38)18-6-12-25-19(14-18)7-13-26(27(25)30(33,34)35)39-24-10-8-21(9-11-24)29(2,31)32/h3-4,6-7,12-14,17,20-24H,5,8-11,15-16H2,1-2H3,(H,37,38). The summed E-state index contributed by atoms with van der Waals surface area (Å²) in [6, 6.07) is 7.86. The molecule has 4 nitrogen and oxygen atoms in total. The SMILES string of the molecule is CC(c1ccc2c(C(F)(F)F)c(OC3CCC(C(C)(F)F)CC3)ccc2c1)N1C2C=CCC1CC(C(=O)O)C2. The van der Waals surface area contributed by atoms with E-state index in [1.807, 2.05) is 13.0 Å². The van der Waals surface area contributed by atoms with Crippen molar-refractivity contribution in [1.29, 1.82) is 0 Å². The minimum Gasteiger partial charge on any atom is -0.490 e. The van der Waals surface area contributed by atoms with E-state index in [-0.39, 0.29) is 54.9 Å². The Morgan fingerprint density at radius 2 is 1.77 bits per heavy atom. The first-order chi connectivity index (χ1) is 18.3. The van der Waals surface area contributed by atoms with Gasteiger partial charge in [-0.1, -0.05) is 30.4 Å². The van der Waals surface area contributed by atoms with Crippen LogP contribution in [0, 0.1) is 11.8 Å². The number of hydrogen-bond acceptors (Lipinski definition) is 3. The van der Waals surface area contributed by atoms with Crippen LogP contribution in [0.25, 0.3) is 10.8 Å². The molecule has 2 aromatic carbocycles. The van der Waals surface area contributed by atoms with Crippen LogP contribution in [-0.2, 0) is 11.0 Å². The number of aliphatic carboxylic acids is 1. The zero-order valence-corrected chi connectivity index (χ0v) is 22.1. The molecule has 0 amide bonds. The van der Waals surface area contributed by atoms with Crippen molar-refractivity contribution in [3.63, 3.8) is 0 Å². The minimum atomic E-state index is -4.66. The van der Waals surface area contributed by atoms with Gasteiger partial charge in [0.25, 0.3) is 0 Å². The molecule has 1 saturated heterocycles. The molecule has 1 aliphatic carbocycles. The maximum absolute atomic E-state index is 14.3. The number of carboxylic acids is 1. The second-order valence-corrected chi connectivity index (χ2v) is 11.5. The molecule has 1 saturated carbocycles. The maximum atomic E-state index is 14.3. The topological polar surface area (TPSA) is 49.8 Å². The first-order valence-corrected chi connectivity index (χ1v) is 13.7. The molecule has 0 aromatic heterocycles. The van der Waals surface area contributed by atoms with Gasteiger partial charge in [0.05, 0.1) is 12.0 Å². The van der Waals surface area contributed by atoms with Gasteiger partial charge in [0.1, 0.15) is 11.3 Å². The molecule has 2 aliphatic heterocycles. The van der Waals surface area contributed by atoms with E-state index in [9.17, 15) is 31.9 Å². The van der Waals surface area contributed by atoms with Crippen LogP contribution in [0.2, 0.25) is 0 Å². The van der Waals surface area contributed by atoms with Gasteiger partial charge in [-0.2, -0.15) is 13.2 Å². The van der Waals surface area contributed by atoms with E-state index in [1.165, 1.54) is 12.1 Å². The number of piperidine rings is 1. The maximum Gasteiger partial charge on any atom is 0.420 e. The number of benzene rings is 2. The Balaban J connectivity index is 1.40. The summed E-state index contributed by atoms with van der Waals surface area (Å²) in [4.78, 5) is 13.9. The van der Waals surface area contributed by atoms with E-state index in [4.69, 9.17) is 4.74 Å². The highest BCUT2D eigenvalue weighted by atomic mass is 19.4. The van der Waals surface area contributed by atoms with Crippen molar-refractivity contribution in [3.05, 3.63) is 53.6 Å². The van der Waals surface area contributed by atoms with Gasteiger partial charge >= 0.3 is 12.1 Å². The van der Waals surface area contributed by atoms with Crippen LogP contribution in [-0.4, -0.2) is 40.1 Å². The first-order valence-electron chi connectivity index (χ1n) is 13.7. The zero-order chi connectivity index (χ0) is 28.1. The second kappa shape index (κ2) is 10.4. The summed E-state index contributed by atoms with van der Waals surface area (Å²) in [7, 11) is 0. The summed E-state index contributed by atoms with van der Waals surface area (Å²) in [5.41, 5.74) is 0.0198. The van der Waals surface area contributed by atoms with Crippen LogP contribution in [0.5, 0.6) is 5.75 Å². The molecular weight excluding hydrogens is 517 g/mol. The average molecular weight is 552 g/mol. The Kier molecular flexibility index (Phi) is 7.42. The highest BCUT2D eigenvalue weighted by Crippen LogP contribution is 2.45. The third-order valence-electron chi connectivity index (χ3n) is 8.91. The van der Waals surface area contributed by atoms with Crippen molar-refractivity contribution in [2.45, 2.75) is 95.1 Å². The summed E-state index contributed by atoms with van der Waals surface area (Å²) in [5, 5.41) is 10.0. The van der Waals surface area contributed by atoms with Gasteiger partial charge in [0, 0.05) is 24.0 Å². The number of carboxylic acid groups (broad SMARTS) is 1. The lowest BCUT2D eigenvalue weighted by Gasteiger charge is -2.48. The number of hydrogen-bond donors (Lipinski definition) is 1. The fourth-order valence-corrected chi connectivity index (χ4v) is 6.84. The Morgan fingerprint density at radius 1 is 1.05 bits per heavy atom. The van der Waals surface area contributed by atoms with Crippen molar-refractivity contribution in [2.75, 3.05) is 0 Å². The van der Waals surface area contributed by atoms with Gasteiger partial charge in [0.15, 0.2) is 0 Å². The monoisotopic (exact) mass is 551 g/mol. The molecule has 2 bridgehead atoms. The number of alkyl halides is 5. The third kappa shape index (κ3) is 5.65. The van der Waals surface area contributed by atoms with E-state index in [0.29, 0.717) is 18.2 Å². The summed E-state index contributed by atoms with van der Waals surface area (Å²) in [6.07, 6.45) is 1.74. The molecule has 2 aromatic rings. The second-order valence-electron chi connectivity index (χ2n) is 11.5. The van der Waals surface area contributed by atoms with Crippen molar-refractivity contribution in [2.24, 2.45) is 11.8 Å². The first kappa shape index (κ1) is 27.9. The minimum absolute atomic E-state index is 0.0337. The molecule has 3 aliphatic rings. The lowest BCUT2D eigenvalue weighted by Crippen LogP contribution is -2.52. The van der Waals surface area contributed by atoms with Crippen molar-refractivity contribution >= 4 is 16.7 Å². The van der Waals surface area contributed by atoms with E-state index in [1.54, 1.807) is 18.2 Å². The third-order valence-corrected chi connectivity index (χ3v) is 8.91. The highest BCUT2D eigenvalue weighted by molar-refractivity contribution is 5.89. The highest BCUT2D eigenvalue weighted by Gasteiger charge is 2.42. The average Bonchev–Trinajstić information content (AvgIpc) is 2.86. The van der Waals surface area contributed by atoms with Gasteiger partial charge in [-0.3, -0.25) is 9.69 Å². The quantitative estimate of drug-likeness (QED) is 0.292. The van der Waals surface area contributed by atoms with E-state index >= 15 is 0 Å². The van der Waals surface area contributed by atoms with E-state index in [0.717, 1.165) is 18.9 Å². The number of rotatable bonds is 6. The van der Waals surface area contributed by atoms with Crippen LogP contribution in [0.4, 0.5) is 22.0 Å². The molecule has 2 fully saturated rings. The van der Waals surface area contributed by atoms with Crippen molar-refractivity contribution < 1.29 is 36.6 Å². The molecular formula is C30H34F5NO3. The molecule has 0 radical (unpaired) electrons. The van der Waals surface area contributed by atoms with Crippen LogP contribution in [0.3, 0.4) is 0 Å². The van der Waals surface area contributed by atoms with Gasteiger partial charge < -0.3 is 9.84 Å². The number of ether oxygens (including phenoxy) is 1. The van der Waals surface area contributed by atoms with Crippen LogP contribution >= 0.6 is 0 Å². The number of carbonyl (C=O) groups is 1. The van der Waals surface area contributed by atoms with Gasteiger partial charge in [-0.15, -0.1) is 0 Å². The molecule has 212 valence electrons. The van der Waals surface area contributed by atoms with Crippen LogP contribution in [0.15, 0.2) is 42.5 Å². The van der Waals surface area contributed by atoms with Crippen molar-refractivity contribution in [1.82, 2.24) is 4.90 Å². The van der Waals surface area contributed by atoms with Gasteiger partial charge in [0.2, 0.25) is 5.92 Å². The molecule has 39 heavy (non-hydrogen) atoms. The molecule has 9 heteroatoms. The fourth-order valence-electron chi connectivity index (χ4n) is 6.84. The van der Waals surface area contributed by atoms with E-state index in [2.05, 4.69) is 11.0 Å². The van der Waals surface area contributed by atoms with Crippen molar-refractivity contribution in [3.8, 4) is 5.75 Å². The smallest absolute Gasteiger partial charge is 0.420 e. The molecule has 1 N–H and O–H groups in total. The number of fused-ring (bicyclic) bond motifs is 3. The Labute approximate surface area is 224 Å². The summed E-state index contributed by atoms with van der Waals surface area (Å²) < 4.78 is 76.1. The molecule has 4 unspecified atom stereocenters. The lowest BCUT2D eigenvalue weighted by atomic mass is 9.80. The molecule has 0 spiro atoms. The van der Waals surface area contributed by atoms with Gasteiger partial charge in [-0.25, -0.2) is 8.78 Å². The lowest BCUT2D eigenvalue weighted by molar-refractivity contribution is -0.145. The Hall–Kier alpha value is -2.68. The summed E-state index contributed by atoms with van der Waals surface area (Å²) in [6.45, 7) is 2.90. The van der Waals surface area contributed by atoms with Crippen LogP contribution in [0.1, 0.15) is 76.0 Å². The number of halogens is 5. The molecule has 2 heterocycles. The summed E-state index contributed by atoms with van der Waals surface area (Å²) >= 11 is 0. The largest absolute Gasteiger partial charge is 0.490 e. The summed E-state index contributed by atoms with van der Waals surface area (Å²) in [5.74, 6) is -5.03. The number of nitrogens with zero attached hydrogens (tertiary/aromatic N) is 1. The predicted octanol–water partition coefficient (Wildman–Crippen LogP) is 8.01. The fraction of sp³-hybridized carbons (Fsp3) is 0.567. The Morgan fingerprint density at radius 3 is 2.38 bits per heavy atom. The van der Waals surface area contributed by atoms with E-state index < -0.39 is 41.6 Å². The van der Waals surface area contributed by atoms with Gasteiger partial charge in [-0.05, 0) is 87.3 Å². The normalized spacial score (nSPS) is 28.8. The van der Waals surface area contributed by atoms with Crippen LogP contribution < -0.4 is 4.74 Å². The predicted molar refractivity (Wildman–Crippen MR) is 138 cm³/mol.